The number of nitrogens with one attached hydrogen (secondary N) is 3. The first kappa shape index (κ1) is 20.1. The predicted molar refractivity (Wildman–Crippen MR) is 109 cm³/mol. The molecule has 0 saturated heterocycles. The van der Waals surface area contributed by atoms with Crippen LogP contribution in [0.1, 0.15) is 21.5 Å². The molecule has 0 spiro atoms. The maximum absolute atomic E-state index is 12.3. The van der Waals surface area contributed by atoms with Crippen LogP contribution in [0, 0.1) is 6.92 Å². The second kappa shape index (κ2) is 9.05. The normalized spacial score (nSPS) is 11.7. The molecule has 2 amide bonds. The number of H-pyrrole nitrogens is 1. The lowest BCUT2D eigenvalue weighted by molar-refractivity contribution is -0.144. The van der Waals surface area contributed by atoms with E-state index >= 15 is 0 Å². The number of para-hydroxylation sites is 1. The van der Waals surface area contributed by atoms with Crippen molar-refractivity contribution in [2.24, 2.45) is 0 Å². The van der Waals surface area contributed by atoms with Crippen LogP contribution < -0.4 is 10.6 Å². The smallest absolute Gasteiger partial charge is 0.328 e. The third kappa shape index (κ3) is 5.01. The number of aryl methyl sites for hydroxylation is 1. The Bertz CT molecular complexity index is 1020. The van der Waals surface area contributed by atoms with Gasteiger partial charge in [0.05, 0.1) is 13.7 Å². The van der Waals surface area contributed by atoms with Crippen LogP contribution in [-0.2, 0) is 20.7 Å². The summed E-state index contributed by atoms with van der Waals surface area (Å²) in [5.74, 6) is -1.37. The van der Waals surface area contributed by atoms with Gasteiger partial charge in [-0.25, -0.2) is 4.79 Å². The maximum Gasteiger partial charge on any atom is 0.328 e. The van der Waals surface area contributed by atoms with Crippen LogP contribution in [-0.4, -0.2) is 42.5 Å². The minimum absolute atomic E-state index is 0.242. The summed E-state index contributed by atoms with van der Waals surface area (Å²) < 4.78 is 4.83. The Morgan fingerprint density at radius 2 is 1.79 bits per heavy atom. The molecule has 0 fully saturated rings. The fraction of sp³-hybridized carbons (Fsp3) is 0.227. The zero-order valence-electron chi connectivity index (χ0n) is 16.3. The molecule has 0 aliphatic rings. The highest BCUT2D eigenvalue weighted by atomic mass is 16.5. The third-order valence-electron chi connectivity index (χ3n) is 4.64. The Labute approximate surface area is 168 Å². The predicted octanol–water partition coefficient (Wildman–Crippen LogP) is 2.11. The lowest BCUT2D eigenvalue weighted by Gasteiger charge is -2.16. The molecular formula is C22H23N3O4. The minimum Gasteiger partial charge on any atom is -0.467 e. The summed E-state index contributed by atoms with van der Waals surface area (Å²) in [5.41, 5.74) is 3.34. The van der Waals surface area contributed by atoms with Crippen molar-refractivity contribution in [1.82, 2.24) is 15.6 Å². The molecule has 0 aliphatic heterocycles. The minimum atomic E-state index is -0.858. The molecule has 1 aromatic heterocycles. The highest BCUT2D eigenvalue weighted by Crippen LogP contribution is 2.19. The summed E-state index contributed by atoms with van der Waals surface area (Å²) in [4.78, 5) is 39.8. The van der Waals surface area contributed by atoms with Crippen LogP contribution in [0.25, 0.3) is 10.9 Å². The molecule has 150 valence electrons. The molecule has 29 heavy (non-hydrogen) atoms. The molecule has 7 nitrogen and oxygen atoms in total. The topological polar surface area (TPSA) is 100 Å². The second-order valence-corrected chi connectivity index (χ2v) is 6.76. The van der Waals surface area contributed by atoms with Gasteiger partial charge in [-0.2, -0.15) is 0 Å². The van der Waals surface area contributed by atoms with Gasteiger partial charge in [-0.05, 0) is 30.7 Å². The van der Waals surface area contributed by atoms with E-state index in [2.05, 4.69) is 15.6 Å². The first-order valence-corrected chi connectivity index (χ1v) is 9.25. The zero-order chi connectivity index (χ0) is 20.8. The number of fused-ring (bicyclic) bond motifs is 1. The van der Waals surface area contributed by atoms with Crippen LogP contribution in [0.2, 0.25) is 0 Å². The van der Waals surface area contributed by atoms with Crippen LogP contribution >= 0.6 is 0 Å². The van der Waals surface area contributed by atoms with Crippen molar-refractivity contribution in [2.75, 3.05) is 13.7 Å². The van der Waals surface area contributed by atoms with Gasteiger partial charge in [-0.15, -0.1) is 0 Å². The fourth-order valence-corrected chi connectivity index (χ4v) is 3.07. The number of aromatic amines is 1. The molecule has 3 N–H and O–H groups in total. The number of aromatic nitrogens is 1. The summed E-state index contributed by atoms with van der Waals surface area (Å²) in [5, 5.41) is 6.18. The molecule has 3 rings (SSSR count). The van der Waals surface area contributed by atoms with Crippen molar-refractivity contribution in [2.45, 2.75) is 19.4 Å². The lowest BCUT2D eigenvalue weighted by Crippen LogP contribution is -2.47. The van der Waals surface area contributed by atoms with Crippen molar-refractivity contribution in [3.05, 3.63) is 71.4 Å². The first-order chi connectivity index (χ1) is 14.0. The Morgan fingerprint density at radius 3 is 2.52 bits per heavy atom. The third-order valence-corrected chi connectivity index (χ3v) is 4.64. The molecule has 1 atom stereocenters. The van der Waals surface area contributed by atoms with Gasteiger partial charge in [0.25, 0.3) is 5.91 Å². The second-order valence-electron chi connectivity index (χ2n) is 6.76. The summed E-state index contributed by atoms with van der Waals surface area (Å²) in [6.07, 6.45) is 2.08. The highest BCUT2D eigenvalue weighted by Gasteiger charge is 2.23. The van der Waals surface area contributed by atoms with E-state index in [4.69, 9.17) is 4.74 Å². The van der Waals surface area contributed by atoms with E-state index in [-0.39, 0.29) is 18.9 Å². The van der Waals surface area contributed by atoms with Crippen LogP contribution in [0.4, 0.5) is 0 Å². The van der Waals surface area contributed by atoms with Crippen LogP contribution in [0.3, 0.4) is 0 Å². The Kier molecular flexibility index (Phi) is 6.29. The van der Waals surface area contributed by atoms with E-state index in [1.165, 1.54) is 7.11 Å². The standard InChI is InChI=1S/C22H23N3O4/c1-14-7-9-15(10-8-14)21(27)24-13-20(26)25-19(22(28)29-2)11-16-12-23-18-6-4-3-5-17(16)18/h3-10,12,19,23H,11,13H2,1-2H3,(H,24,27)(H,25,26). The van der Waals surface area contributed by atoms with Gasteiger partial charge in [0, 0.05) is 29.1 Å². The van der Waals surface area contributed by atoms with E-state index < -0.39 is 17.9 Å². The Hall–Kier alpha value is -3.61. The number of hydrogen-bond donors (Lipinski definition) is 3. The molecular weight excluding hydrogens is 370 g/mol. The summed E-state index contributed by atoms with van der Waals surface area (Å²) in [6, 6.07) is 13.9. The van der Waals surface area contributed by atoms with Gasteiger partial charge in [-0.1, -0.05) is 35.9 Å². The molecule has 0 aliphatic carbocycles. The van der Waals surface area contributed by atoms with Gasteiger partial charge in [0.15, 0.2) is 0 Å². The molecule has 0 radical (unpaired) electrons. The number of benzene rings is 2. The summed E-state index contributed by atoms with van der Waals surface area (Å²) in [7, 11) is 1.27. The van der Waals surface area contributed by atoms with Gasteiger partial charge in [0.2, 0.25) is 5.91 Å². The summed E-state index contributed by atoms with van der Waals surface area (Å²) in [6.45, 7) is 1.68. The van der Waals surface area contributed by atoms with E-state index in [1.807, 2.05) is 49.5 Å². The highest BCUT2D eigenvalue weighted by molar-refractivity contribution is 5.97. The molecule has 0 saturated carbocycles. The first-order valence-electron chi connectivity index (χ1n) is 9.25. The molecule has 3 aromatic rings. The van der Waals surface area contributed by atoms with E-state index in [0.29, 0.717) is 5.56 Å². The molecule has 1 unspecified atom stereocenters. The van der Waals surface area contributed by atoms with Crippen molar-refractivity contribution in [3.8, 4) is 0 Å². The Morgan fingerprint density at radius 1 is 1.07 bits per heavy atom. The molecule has 2 aromatic carbocycles. The van der Waals surface area contributed by atoms with E-state index in [9.17, 15) is 14.4 Å². The van der Waals surface area contributed by atoms with E-state index in [0.717, 1.165) is 22.0 Å². The lowest BCUT2D eigenvalue weighted by atomic mass is 10.0. The zero-order valence-corrected chi connectivity index (χ0v) is 16.3. The Balaban J connectivity index is 1.62. The quantitative estimate of drug-likeness (QED) is 0.535. The monoisotopic (exact) mass is 393 g/mol. The molecule has 7 heteroatoms. The molecule has 0 bridgehead atoms. The van der Waals surface area contributed by atoms with Gasteiger partial charge in [-0.3, -0.25) is 9.59 Å². The number of hydrogen-bond acceptors (Lipinski definition) is 4. The number of esters is 1. The number of carbonyl (C=O) groups is 3. The summed E-state index contributed by atoms with van der Waals surface area (Å²) >= 11 is 0. The van der Waals surface area contributed by atoms with Crippen LogP contribution in [0.15, 0.2) is 54.7 Å². The molecule has 1 heterocycles. The number of rotatable bonds is 7. The number of carbonyl (C=O) groups excluding carboxylic acids is 3. The van der Waals surface area contributed by atoms with Gasteiger partial charge in [0.1, 0.15) is 6.04 Å². The van der Waals surface area contributed by atoms with Crippen LogP contribution in [0.5, 0.6) is 0 Å². The maximum atomic E-state index is 12.3. The number of amides is 2. The van der Waals surface area contributed by atoms with Crippen molar-refractivity contribution in [1.29, 1.82) is 0 Å². The van der Waals surface area contributed by atoms with Gasteiger partial charge >= 0.3 is 5.97 Å². The average molecular weight is 393 g/mol. The SMILES string of the molecule is COC(=O)C(Cc1c[nH]c2ccccc12)NC(=O)CNC(=O)c1ccc(C)cc1. The van der Waals surface area contributed by atoms with Crippen molar-refractivity contribution >= 4 is 28.7 Å². The largest absolute Gasteiger partial charge is 0.467 e. The number of methoxy groups -OCH3 is 1. The average Bonchev–Trinajstić information content (AvgIpc) is 3.14. The van der Waals surface area contributed by atoms with Crippen molar-refractivity contribution < 1.29 is 19.1 Å². The fourth-order valence-electron chi connectivity index (χ4n) is 3.07. The number of ether oxygens (including phenoxy) is 1. The van der Waals surface area contributed by atoms with Crippen molar-refractivity contribution in [3.63, 3.8) is 0 Å². The van der Waals surface area contributed by atoms with E-state index in [1.54, 1.807) is 12.1 Å². The van der Waals surface area contributed by atoms with Gasteiger partial charge < -0.3 is 20.4 Å².